The predicted molar refractivity (Wildman–Crippen MR) is 107 cm³/mol. The van der Waals surface area contributed by atoms with Gasteiger partial charge in [0.05, 0.1) is 13.2 Å². The van der Waals surface area contributed by atoms with Crippen molar-refractivity contribution >= 4 is 29.9 Å². The minimum absolute atomic E-state index is 0. The van der Waals surface area contributed by atoms with Gasteiger partial charge >= 0.3 is 0 Å². The van der Waals surface area contributed by atoms with Crippen molar-refractivity contribution in [3.8, 4) is 0 Å². The van der Waals surface area contributed by atoms with Crippen molar-refractivity contribution in [1.82, 2.24) is 10.6 Å². The van der Waals surface area contributed by atoms with Gasteiger partial charge in [-0.1, -0.05) is 30.3 Å². The zero-order valence-electron chi connectivity index (χ0n) is 14.2. The average molecular weight is 435 g/mol. The quantitative estimate of drug-likeness (QED) is 0.243. The van der Waals surface area contributed by atoms with E-state index in [-0.39, 0.29) is 24.0 Å². The van der Waals surface area contributed by atoms with Gasteiger partial charge in [0, 0.05) is 33.4 Å². The van der Waals surface area contributed by atoms with Gasteiger partial charge in [0.2, 0.25) is 0 Å². The number of guanidine groups is 1. The lowest BCUT2D eigenvalue weighted by atomic mass is 10.1. The first-order valence-corrected chi connectivity index (χ1v) is 7.99. The van der Waals surface area contributed by atoms with Crippen LogP contribution in [0.3, 0.4) is 0 Å². The molecule has 0 radical (unpaired) electrons. The molecule has 0 unspecified atom stereocenters. The summed E-state index contributed by atoms with van der Waals surface area (Å²) in [5.74, 6) is 0.871. The molecule has 1 rings (SSSR count). The molecule has 0 spiro atoms. The molecular formula is C17H30IN3O2. The summed E-state index contributed by atoms with van der Waals surface area (Å²) in [5, 5.41) is 6.62. The van der Waals surface area contributed by atoms with Crippen molar-refractivity contribution in [3.05, 3.63) is 35.9 Å². The molecule has 0 fully saturated rings. The first-order chi connectivity index (χ1) is 10.9. The highest BCUT2D eigenvalue weighted by Crippen LogP contribution is 1.98. The highest BCUT2D eigenvalue weighted by Gasteiger charge is 1.97. The minimum atomic E-state index is 0. The van der Waals surface area contributed by atoms with Crippen LogP contribution in [0.25, 0.3) is 0 Å². The molecule has 132 valence electrons. The zero-order valence-corrected chi connectivity index (χ0v) is 16.5. The SMILES string of the molecule is CCNC(=NCCCOCCOC)NCCc1ccccc1.I. The Balaban J connectivity index is 0.00000484. The number of hydrogen-bond acceptors (Lipinski definition) is 3. The van der Waals surface area contributed by atoms with Crippen molar-refractivity contribution in [2.45, 2.75) is 19.8 Å². The van der Waals surface area contributed by atoms with Crippen LogP contribution in [0, 0.1) is 0 Å². The first-order valence-electron chi connectivity index (χ1n) is 7.99. The number of nitrogens with zero attached hydrogens (tertiary/aromatic N) is 1. The molecule has 0 bridgehead atoms. The topological polar surface area (TPSA) is 54.9 Å². The van der Waals surface area contributed by atoms with Gasteiger partial charge in [-0.05, 0) is 25.3 Å². The average Bonchev–Trinajstić information content (AvgIpc) is 2.55. The molecule has 0 saturated carbocycles. The maximum atomic E-state index is 5.42. The summed E-state index contributed by atoms with van der Waals surface area (Å²) in [6.07, 6.45) is 1.91. The third kappa shape index (κ3) is 12.3. The fourth-order valence-electron chi connectivity index (χ4n) is 1.91. The van der Waals surface area contributed by atoms with Gasteiger partial charge in [-0.2, -0.15) is 0 Å². The molecule has 0 amide bonds. The molecule has 2 N–H and O–H groups in total. The van der Waals surface area contributed by atoms with E-state index in [4.69, 9.17) is 9.47 Å². The molecule has 0 aliphatic heterocycles. The van der Waals surface area contributed by atoms with Gasteiger partial charge in [0.15, 0.2) is 5.96 Å². The third-order valence-corrected chi connectivity index (χ3v) is 3.04. The fourth-order valence-corrected chi connectivity index (χ4v) is 1.91. The van der Waals surface area contributed by atoms with E-state index in [2.05, 4.69) is 46.8 Å². The largest absolute Gasteiger partial charge is 0.382 e. The van der Waals surface area contributed by atoms with Crippen LogP contribution in [0.15, 0.2) is 35.3 Å². The van der Waals surface area contributed by atoms with E-state index in [0.29, 0.717) is 13.2 Å². The van der Waals surface area contributed by atoms with Crippen LogP contribution in [-0.2, 0) is 15.9 Å². The molecule has 0 aliphatic rings. The molecule has 0 heterocycles. The second-order valence-electron chi connectivity index (χ2n) is 4.88. The molecular weight excluding hydrogens is 405 g/mol. The Bertz CT molecular complexity index is 402. The Hall–Kier alpha value is -0.860. The summed E-state index contributed by atoms with van der Waals surface area (Å²) < 4.78 is 10.3. The smallest absolute Gasteiger partial charge is 0.191 e. The highest BCUT2D eigenvalue weighted by atomic mass is 127. The maximum Gasteiger partial charge on any atom is 0.191 e. The Morgan fingerprint density at radius 1 is 1.09 bits per heavy atom. The normalized spacial score (nSPS) is 11.0. The van der Waals surface area contributed by atoms with Gasteiger partial charge in [-0.25, -0.2) is 0 Å². The Morgan fingerprint density at radius 3 is 2.57 bits per heavy atom. The van der Waals surface area contributed by atoms with Gasteiger partial charge in [0.25, 0.3) is 0 Å². The predicted octanol–water partition coefficient (Wildman–Crippen LogP) is 2.46. The van der Waals surface area contributed by atoms with Crippen molar-refractivity contribution in [2.24, 2.45) is 4.99 Å². The molecule has 0 aliphatic carbocycles. The lowest BCUT2D eigenvalue weighted by molar-refractivity contribution is 0.0702. The minimum Gasteiger partial charge on any atom is -0.382 e. The van der Waals surface area contributed by atoms with Crippen molar-refractivity contribution < 1.29 is 9.47 Å². The summed E-state index contributed by atoms with van der Waals surface area (Å²) >= 11 is 0. The number of hydrogen-bond donors (Lipinski definition) is 2. The van der Waals surface area contributed by atoms with E-state index >= 15 is 0 Å². The zero-order chi connectivity index (χ0) is 15.9. The van der Waals surface area contributed by atoms with E-state index in [1.165, 1.54) is 5.56 Å². The fraction of sp³-hybridized carbons (Fsp3) is 0.588. The molecule has 6 heteroatoms. The molecule has 23 heavy (non-hydrogen) atoms. The number of benzene rings is 1. The van der Waals surface area contributed by atoms with Gasteiger partial charge in [-0.15, -0.1) is 24.0 Å². The van der Waals surface area contributed by atoms with E-state index in [9.17, 15) is 0 Å². The molecule has 5 nitrogen and oxygen atoms in total. The Morgan fingerprint density at radius 2 is 1.87 bits per heavy atom. The van der Waals surface area contributed by atoms with Crippen LogP contribution in [0.1, 0.15) is 18.9 Å². The van der Waals surface area contributed by atoms with Gasteiger partial charge < -0.3 is 20.1 Å². The van der Waals surface area contributed by atoms with Crippen molar-refractivity contribution in [1.29, 1.82) is 0 Å². The first kappa shape index (κ1) is 22.1. The molecule has 1 aromatic carbocycles. The number of methoxy groups -OCH3 is 1. The Kier molecular flexibility index (Phi) is 15.4. The standard InChI is InChI=1S/C17H29N3O2.HI/c1-3-18-17(19-11-7-13-22-15-14-21-2)20-12-10-16-8-5-4-6-9-16;/h4-6,8-9H,3,7,10-15H2,1-2H3,(H2,18,19,20);1H. The third-order valence-electron chi connectivity index (χ3n) is 3.04. The van der Waals surface area contributed by atoms with E-state index in [1.54, 1.807) is 7.11 Å². The van der Waals surface area contributed by atoms with Crippen LogP contribution in [0.2, 0.25) is 0 Å². The summed E-state index contributed by atoms with van der Waals surface area (Å²) in [4.78, 5) is 4.55. The van der Waals surface area contributed by atoms with Crippen molar-refractivity contribution in [2.75, 3.05) is 46.6 Å². The lowest BCUT2D eigenvalue weighted by Gasteiger charge is -2.11. The molecule has 0 atom stereocenters. The van der Waals surface area contributed by atoms with Crippen LogP contribution >= 0.6 is 24.0 Å². The Labute approximate surface area is 157 Å². The van der Waals surface area contributed by atoms with Crippen LogP contribution in [0.4, 0.5) is 0 Å². The maximum absolute atomic E-state index is 5.42. The van der Waals surface area contributed by atoms with E-state index in [1.807, 2.05) is 6.07 Å². The summed E-state index contributed by atoms with van der Waals surface area (Å²) in [7, 11) is 1.68. The monoisotopic (exact) mass is 435 g/mol. The van der Waals surface area contributed by atoms with Crippen molar-refractivity contribution in [3.63, 3.8) is 0 Å². The van der Waals surface area contributed by atoms with Gasteiger partial charge in [-0.3, -0.25) is 4.99 Å². The summed E-state index contributed by atoms with van der Waals surface area (Å²) in [6.45, 7) is 6.58. The van der Waals surface area contributed by atoms with E-state index in [0.717, 1.165) is 45.0 Å². The van der Waals surface area contributed by atoms with Crippen LogP contribution in [0.5, 0.6) is 0 Å². The van der Waals surface area contributed by atoms with E-state index < -0.39 is 0 Å². The molecule has 0 saturated heterocycles. The summed E-state index contributed by atoms with van der Waals surface area (Å²) in [6, 6.07) is 10.5. The molecule has 0 aromatic heterocycles. The number of halogens is 1. The van der Waals surface area contributed by atoms with Crippen LogP contribution < -0.4 is 10.6 Å². The molecule has 1 aromatic rings. The summed E-state index contributed by atoms with van der Waals surface area (Å²) in [5.41, 5.74) is 1.33. The van der Waals surface area contributed by atoms with Crippen LogP contribution in [-0.4, -0.2) is 52.5 Å². The van der Waals surface area contributed by atoms with Gasteiger partial charge in [0.1, 0.15) is 0 Å². The lowest BCUT2D eigenvalue weighted by Crippen LogP contribution is -2.38. The highest BCUT2D eigenvalue weighted by molar-refractivity contribution is 14.0. The number of aliphatic imine (C=N–C) groups is 1. The number of nitrogens with one attached hydrogen (secondary N) is 2. The number of ether oxygens (including phenoxy) is 2. The second-order valence-corrected chi connectivity index (χ2v) is 4.88. The second kappa shape index (κ2) is 16.0. The number of rotatable bonds is 11.